The molecule has 0 spiro atoms. The summed E-state index contributed by atoms with van der Waals surface area (Å²) in [6.07, 6.45) is 4.63. The molecule has 0 aliphatic rings. The average molecular weight is 252 g/mol. The fourth-order valence-corrected chi connectivity index (χ4v) is 3.99. The molecule has 0 bridgehead atoms. The summed E-state index contributed by atoms with van der Waals surface area (Å²) in [5, 5.41) is 12.1. The molecule has 1 aromatic rings. The van der Waals surface area contributed by atoms with Gasteiger partial charge in [-0.25, -0.2) is 0 Å². The van der Waals surface area contributed by atoms with Crippen molar-refractivity contribution in [2.75, 3.05) is 11.5 Å². The van der Waals surface area contributed by atoms with Crippen molar-refractivity contribution in [2.24, 2.45) is 0 Å². The van der Waals surface area contributed by atoms with Crippen molar-refractivity contribution >= 4 is 15.9 Å². The van der Waals surface area contributed by atoms with Gasteiger partial charge in [-0.2, -0.15) is 10.5 Å². The lowest BCUT2D eigenvalue weighted by atomic mass is 10.1. The molecular formula is C15H24OS. The smallest absolute Gasteiger partial charge is 0.118 e. The highest BCUT2D eigenvalue weighted by molar-refractivity contribution is 8.14. The molecule has 0 radical (unpaired) electrons. The van der Waals surface area contributed by atoms with Crippen molar-refractivity contribution < 1.29 is 5.11 Å². The fraction of sp³-hybridized carbons (Fsp3) is 0.533. The first-order chi connectivity index (χ1) is 8.27. The van der Waals surface area contributed by atoms with Gasteiger partial charge < -0.3 is 5.11 Å². The van der Waals surface area contributed by atoms with E-state index in [4.69, 9.17) is 0 Å². The van der Waals surface area contributed by atoms with E-state index in [1.54, 1.807) is 6.07 Å². The Bertz CT molecular complexity index is 358. The number of rotatable bonds is 7. The van der Waals surface area contributed by atoms with Crippen LogP contribution in [0.25, 0.3) is 0 Å². The summed E-state index contributed by atoms with van der Waals surface area (Å²) in [6, 6.07) is 7.68. The van der Waals surface area contributed by atoms with Crippen LogP contribution in [-0.2, 0) is 6.42 Å². The van der Waals surface area contributed by atoms with Crippen LogP contribution in [0.15, 0.2) is 24.3 Å². The van der Waals surface area contributed by atoms with Crippen LogP contribution in [0.4, 0.5) is 0 Å². The zero-order valence-electron chi connectivity index (χ0n) is 11.0. The zero-order chi connectivity index (χ0) is 12.5. The van der Waals surface area contributed by atoms with Gasteiger partial charge in [0.2, 0.25) is 0 Å². The second kappa shape index (κ2) is 8.35. The Balaban J connectivity index is 2.41. The van der Waals surface area contributed by atoms with Crippen LogP contribution in [-0.4, -0.2) is 22.0 Å². The molecule has 0 heterocycles. The Hall–Kier alpha value is -0.760. The van der Waals surface area contributed by atoms with Crippen LogP contribution < -0.4 is 0 Å². The van der Waals surface area contributed by atoms with E-state index in [9.17, 15) is 5.11 Å². The number of hydrogen-bond donors (Lipinski definition) is 1. The highest BCUT2D eigenvalue weighted by Gasteiger charge is 2.00. The second-order valence-corrected chi connectivity index (χ2v) is 6.48. The summed E-state index contributed by atoms with van der Waals surface area (Å²) in [5.41, 5.74) is 1.09. The quantitative estimate of drug-likeness (QED) is 0.721. The zero-order valence-corrected chi connectivity index (χ0v) is 11.8. The number of benzene rings is 1. The van der Waals surface area contributed by atoms with Gasteiger partial charge in [0.15, 0.2) is 0 Å². The lowest BCUT2D eigenvalue weighted by molar-refractivity contribution is 0.467. The average Bonchev–Trinajstić information content (AvgIpc) is 2.32. The summed E-state index contributed by atoms with van der Waals surface area (Å²) in [5.74, 6) is 3.05. The molecule has 0 saturated carbocycles. The number of phenols is 1. The molecule has 0 saturated heterocycles. The van der Waals surface area contributed by atoms with Crippen LogP contribution in [0.3, 0.4) is 0 Å². The number of phenolic OH excluding ortho intramolecular Hbond substituents is 1. The minimum Gasteiger partial charge on any atom is -0.508 e. The largest absolute Gasteiger partial charge is 0.508 e. The molecule has 1 nitrogen and oxygen atoms in total. The molecule has 0 aromatic heterocycles. The van der Waals surface area contributed by atoms with Crippen molar-refractivity contribution in [3.8, 4) is 5.75 Å². The minimum absolute atomic E-state index is 0.447. The van der Waals surface area contributed by atoms with Crippen molar-refractivity contribution in [1.29, 1.82) is 0 Å². The first kappa shape index (κ1) is 14.3. The number of hydrogen-bond acceptors (Lipinski definition) is 1. The van der Waals surface area contributed by atoms with Crippen LogP contribution in [0.2, 0.25) is 0 Å². The lowest BCUT2D eigenvalue weighted by Gasteiger charge is -2.09. The van der Waals surface area contributed by atoms with Crippen LogP contribution >= 0.6 is 10.5 Å². The predicted molar refractivity (Wildman–Crippen MR) is 80.4 cm³/mol. The molecule has 2 heteroatoms. The maximum absolute atomic E-state index is 9.68. The molecule has 17 heavy (non-hydrogen) atoms. The van der Waals surface area contributed by atoms with Gasteiger partial charge >= 0.3 is 0 Å². The first-order valence-electron chi connectivity index (χ1n) is 6.54. The van der Waals surface area contributed by atoms with Gasteiger partial charge in [0.1, 0.15) is 5.75 Å². The van der Waals surface area contributed by atoms with E-state index in [1.165, 1.54) is 30.8 Å². The van der Waals surface area contributed by atoms with E-state index in [0.717, 1.165) is 12.0 Å². The fourth-order valence-electron chi connectivity index (χ4n) is 1.94. The lowest BCUT2D eigenvalue weighted by Crippen LogP contribution is -1.93. The molecule has 0 aliphatic carbocycles. The van der Waals surface area contributed by atoms with Gasteiger partial charge in [-0.3, -0.25) is 0 Å². The van der Waals surface area contributed by atoms with Gasteiger partial charge in [0, 0.05) is 0 Å². The van der Waals surface area contributed by atoms with E-state index in [0.29, 0.717) is 16.2 Å². The van der Waals surface area contributed by atoms with Gasteiger partial charge in [-0.05, 0) is 48.8 Å². The summed E-state index contributed by atoms with van der Waals surface area (Å²) in [4.78, 5) is 0. The molecule has 96 valence electrons. The van der Waals surface area contributed by atoms with Gasteiger partial charge in [0.25, 0.3) is 0 Å². The Labute approximate surface area is 108 Å². The van der Waals surface area contributed by atoms with Crippen molar-refractivity contribution in [3.63, 3.8) is 0 Å². The summed E-state index contributed by atoms with van der Waals surface area (Å²) >= 11 is 0. The molecule has 1 atom stereocenters. The summed E-state index contributed by atoms with van der Waals surface area (Å²) < 4.78 is 0. The molecule has 0 amide bonds. The first-order valence-corrected chi connectivity index (χ1v) is 8.17. The maximum Gasteiger partial charge on any atom is 0.118 e. The Kier molecular flexibility index (Phi) is 7.02. The second-order valence-electron chi connectivity index (χ2n) is 4.25. The maximum atomic E-state index is 9.68. The van der Waals surface area contributed by atoms with E-state index < -0.39 is 0 Å². The van der Waals surface area contributed by atoms with Gasteiger partial charge in [-0.1, -0.05) is 37.4 Å². The number of para-hydroxylation sites is 1. The number of aromatic hydroxyl groups is 1. The van der Waals surface area contributed by atoms with E-state index in [1.807, 2.05) is 18.2 Å². The molecular weight excluding hydrogens is 228 g/mol. The Morgan fingerprint density at radius 1 is 1.18 bits per heavy atom. The normalized spacial score (nSPS) is 12.8. The highest BCUT2D eigenvalue weighted by atomic mass is 32.2. The summed E-state index contributed by atoms with van der Waals surface area (Å²) in [6.45, 7) is 4.48. The van der Waals surface area contributed by atoms with Gasteiger partial charge in [-0.15, -0.1) is 0 Å². The minimum atomic E-state index is 0.447. The van der Waals surface area contributed by atoms with Crippen molar-refractivity contribution in [1.82, 2.24) is 0 Å². The topological polar surface area (TPSA) is 20.2 Å². The summed E-state index contributed by atoms with van der Waals surface area (Å²) in [7, 11) is 0.489. The standard InChI is InChI=1S/C15H24OS/c1-3-11-17(12-4-2)13-7-9-14-8-5-6-10-15(14)16/h5-6,8,10-11,16H,3-4,7,9,12-13H2,1-2H3. The monoisotopic (exact) mass is 252 g/mol. The van der Waals surface area contributed by atoms with Crippen molar-refractivity contribution in [2.45, 2.75) is 39.5 Å². The number of aryl methyl sites for hydroxylation is 1. The van der Waals surface area contributed by atoms with Crippen LogP contribution in [0.1, 0.15) is 38.7 Å². The third-order valence-corrected chi connectivity index (χ3v) is 5.26. The Morgan fingerprint density at radius 3 is 2.59 bits per heavy atom. The van der Waals surface area contributed by atoms with Crippen LogP contribution in [0, 0.1) is 0 Å². The molecule has 0 aliphatic heterocycles. The van der Waals surface area contributed by atoms with Crippen molar-refractivity contribution in [3.05, 3.63) is 29.8 Å². The van der Waals surface area contributed by atoms with E-state index >= 15 is 0 Å². The molecule has 1 N–H and O–H groups in total. The van der Waals surface area contributed by atoms with Gasteiger partial charge in [0.05, 0.1) is 0 Å². The Morgan fingerprint density at radius 2 is 1.94 bits per heavy atom. The predicted octanol–water partition coefficient (Wildman–Crippen LogP) is 4.22. The molecule has 1 aromatic carbocycles. The third-order valence-electron chi connectivity index (χ3n) is 2.71. The van der Waals surface area contributed by atoms with E-state index in [-0.39, 0.29) is 0 Å². The molecule has 1 rings (SSSR count). The molecule has 0 fully saturated rings. The van der Waals surface area contributed by atoms with E-state index in [2.05, 4.69) is 19.2 Å². The SMILES string of the molecule is CC/C=S(\CCC)CCCc1ccccc1O. The third kappa shape index (κ3) is 5.40. The highest BCUT2D eigenvalue weighted by Crippen LogP contribution is 2.21. The van der Waals surface area contributed by atoms with Crippen LogP contribution in [0.5, 0.6) is 5.75 Å². The molecule has 1 unspecified atom stereocenters.